The van der Waals surface area contributed by atoms with E-state index in [0.717, 1.165) is 10.5 Å². The fraction of sp³-hybridized carbons (Fsp3) is 0.0800. The number of aromatic hydroxyl groups is 1. The van der Waals surface area contributed by atoms with Crippen LogP contribution in [0.4, 0.5) is 10.5 Å². The Balaban J connectivity index is 1.63. The Labute approximate surface area is 229 Å². The Hall–Kier alpha value is -3.28. The third kappa shape index (κ3) is 5.43. The standard InChI is InChI=1S/C25H17Cl2IN2O6/c1-35-21-11-14(10-20(28)22(21)36-12-13-2-7-18(26)19(27)9-13)8-17-23(32)29-25(34)30(24(17)33)15-3-5-16(31)6-4-15/h2-11,31H,12H2,1H3,(H,29,32,34)/b17-8+. The van der Waals surface area contributed by atoms with Crippen molar-refractivity contribution in [1.82, 2.24) is 5.32 Å². The van der Waals surface area contributed by atoms with Crippen LogP contribution < -0.4 is 19.7 Å². The van der Waals surface area contributed by atoms with E-state index in [0.29, 0.717) is 30.7 Å². The van der Waals surface area contributed by atoms with Crippen molar-refractivity contribution in [2.75, 3.05) is 12.0 Å². The van der Waals surface area contributed by atoms with Gasteiger partial charge in [-0.15, -0.1) is 0 Å². The third-order valence-corrected chi connectivity index (χ3v) is 6.68. The third-order valence-electron chi connectivity index (χ3n) is 5.14. The van der Waals surface area contributed by atoms with Gasteiger partial charge >= 0.3 is 6.03 Å². The number of urea groups is 1. The van der Waals surface area contributed by atoms with Crippen LogP contribution in [0.3, 0.4) is 0 Å². The van der Waals surface area contributed by atoms with Crippen molar-refractivity contribution in [3.63, 3.8) is 0 Å². The maximum Gasteiger partial charge on any atom is 0.335 e. The second-order valence-electron chi connectivity index (χ2n) is 7.55. The number of nitrogens with one attached hydrogen (secondary N) is 1. The topological polar surface area (TPSA) is 105 Å². The summed E-state index contributed by atoms with van der Waals surface area (Å²) < 4.78 is 12.1. The van der Waals surface area contributed by atoms with Crippen molar-refractivity contribution >= 4 is 75.4 Å². The molecule has 0 atom stereocenters. The molecule has 0 saturated carbocycles. The average Bonchev–Trinajstić information content (AvgIpc) is 2.84. The van der Waals surface area contributed by atoms with Crippen molar-refractivity contribution in [3.05, 3.63) is 84.9 Å². The zero-order valence-corrected chi connectivity index (χ0v) is 22.2. The van der Waals surface area contributed by atoms with E-state index in [1.165, 1.54) is 37.5 Å². The van der Waals surface area contributed by atoms with Crippen LogP contribution in [0.5, 0.6) is 17.2 Å². The van der Waals surface area contributed by atoms with E-state index in [9.17, 15) is 19.5 Å². The minimum atomic E-state index is -0.883. The van der Waals surface area contributed by atoms with Crippen LogP contribution in [0.15, 0.2) is 60.2 Å². The molecule has 0 spiro atoms. The number of hydrogen-bond acceptors (Lipinski definition) is 6. The quantitative estimate of drug-likeness (QED) is 0.208. The molecule has 2 N–H and O–H groups in total. The van der Waals surface area contributed by atoms with Crippen LogP contribution in [0.2, 0.25) is 10.0 Å². The van der Waals surface area contributed by atoms with E-state index in [2.05, 4.69) is 27.9 Å². The van der Waals surface area contributed by atoms with Gasteiger partial charge in [-0.25, -0.2) is 9.69 Å². The molecule has 0 unspecified atom stereocenters. The number of methoxy groups -OCH3 is 1. The highest BCUT2D eigenvalue weighted by atomic mass is 127. The molecule has 11 heteroatoms. The van der Waals surface area contributed by atoms with E-state index in [1.54, 1.807) is 30.3 Å². The molecule has 184 valence electrons. The highest BCUT2D eigenvalue weighted by Gasteiger charge is 2.36. The summed E-state index contributed by atoms with van der Waals surface area (Å²) >= 11 is 14.1. The largest absolute Gasteiger partial charge is 0.508 e. The number of barbiturate groups is 1. The normalized spacial score (nSPS) is 14.7. The first kappa shape index (κ1) is 25.8. The van der Waals surface area contributed by atoms with E-state index in [1.807, 2.05) is 0 Å². The van der Waals surface area contributed by atoms with Crippen molar-refractivity contribution in [3.8, 4) is 17.2 Å². The molecule has 1 heterocycles. The number of amides is 4. The number of hydrogen-bond donors (Lipinski definition) is 2. The smallest absolute Gasteiger partial charge is 0.335 e. The van der Waals surface area contributed by atoms with Gasteiger partial charge in [-0.3, -0.25) is 14.9 Å². The van der Waals surface area contributed by atoms with Gasteiger partial charge in [-0.2, -0.15) is 0 Å². The van der Waals surface area contributed by atoms with Gasteiger partial charge in [0.2, 0.25) is 0 Å². The molecule has 0 aromatic heterocycles. The average molecular weight is 639 g/mol. The molecular formula is C25H17Cl2IN2O6. The minimum Gasteiger partial charge on any atom is -0.508 e. The molecule has 4 rings (SSSR count). The summed E-state index contributed by atoms with van der Waals surface area (Å²) in [5.41, 5.74) is 1.24. The molecule has 4 amide bonds. The van der Waals surface area contributed by atoms with Gasteiger partial charge < -0.3 is 14.6 Å². The summed E-state index contributed by atoms with van der Waals surface area (Å²) in [7, 11) is 1.47. The molecule has 8 nitrogen and oxygen atoms in total. The number of nitrogens with zero attached hydrogens (tertiary/aromatic N) is 1. The predicted octanol–water partition coefficient (Wildman–Crippen LogP) is 5.56. The maximum atomic E-state index is 13.1. The summed E-state index contributed by atoms with van der Waals surface area (Å²) in [5, 5.41) is 12.5. The van der Waals surface area contributed by atoms with Crippen LogP contribution in [-0.2, 0) is 16.2 Å². The van der Waals surface area contributed by atoms with E-state index in [-0.39, 0.29) is 23.6 Å². The number of halogens is 3. The SMILES string of the molecule is COc1cc(/C=C2\C(=O)NC(=O)N(c3ccc(O)cc3)C2=O)cc(I)c1OCc1ccc(Cl)c(Cl)c1. The van der Waals surface area contributed by atoms with Crippen molar-refractivity contribution in [2.24, 2.45) is 0 Å². The number of phenols is 1. The molecule has 3 aromatic rings. The Morgan fingerprint density at radius 3 is 2.42 bits per heavy atom. The minimum absolute atomic E-state index is 0.0291. The number of carbonyl (C=O) groups excluding carboxylic acids is 3. The molecule has 0 aliphatic carbocycles. The number of ether oxygens (including phenoxy) is 2. The van der Waals surface area contributed by atoms with Crippen molar-refractivity contribution in [2.45, 2.75) is 6.61 Å². The predicted molar refractivity (Wildman–Crippen MR) is 144 cm³/mol. The lowest BCUT2D eigenvalue weighted by molar-refractivity contribution is -0.122. The second-order valence-corrected chi connectivity index (χ2v) is 9.52. The molecule has 1 aliphatic heterocycles. The Bertz CT molecular complexity index is 1410. The fourth-order valence-corrected chi connectivity index (χ4v) is 4.51. The van der Waals surface area contributed by atoms with Crippen LogP contribution in [0.1, 0.15) is 11.1 Å². The Kier molecular flexibility index (Phi) is 7.72. The van der Waals surface area contributed by atoms with Gasteiger partial charge in [0.25, 0.3) is 11.8 Å². The van der Waals surface area contributed by atoms with Gasteiger partial charge in [0.1, 0.15) is 17.9 Å². The molecule has 1 fully saturated rings. The highest BCUT2D eigenvalue weighted by molar-refractivity contribution is 14.1. The number of imide groups is 2. The van der Waals surface area contributed by atoms with Crippen LogP contribution in [-0.4, -0.2) is 30.1 Å². The molecule has 3 aromatic carbocycles. The van der Waals surface area contributed by atoms with Crippen molar-refractivity contribution in [1.29, 1.82) is 0 Å². The molecule has 1 saturated heterocycles. The summed E-state index contributed by atoms with van der Waals surface area (Å²) in [6.07, 6.45) is 1.37. The van der Waals surface area contributed by atoms with Gasteiger partial charge in [0, 0.05) is 0 Å². The van der Waals surface area contributed by atoms with Gasteiger partial charge in [0.05, 0.1) is 26.4 Å². The zero-order valence-electron chi connectivity index (χ0n) is 18.6. The molecular weight excluding hydrogens is 622 g/mol. The summed E-state index contributed by atoms with van der Waals surface area (Å²) in [4.78, 5) is 38.8. The second kappa shape index (κ2) is 10.8. The Morgan fingerprint density at radius 2 is 1.75 bits per heavy atom. The first-order chi connectivity index (χ1) is 17.2. The summed E-state index contributed by atoms with van der Waals surface area (Å²) in [6.45, 7) is 0.203. The number of carbonyl (C=O) groups is 3. The monoisotopic (exact) mass is 638 g/mol. The molecule has 36 heavy (non-hydrogen) atoms. The van der Waals surface area contributed by atoms with E-state index < -0.39 is 17.8 Å². The van der Waals surface area contributed by atoms with Gasteiger partial charge in [-0.05, 0) is 88.3 Å². The van der Waals surface area contributed by atoms with Gasteiger partial charge in [0.15, 0.2) is 11.5 Å². The van der Waals surface area contributed by atoms with Gasteiger partial charge in [-0.1, -0.05) is 29.3 Å². The lowest BCUT2D eigenvalue weighted by atomic mass is 10.1. The number of phenolic OH excluding ortho intramolecular Hbond substituents is 1. The van der Waals surface area contributed by atoms with Crippen LogP contribution >= 0.6 is 45.8 Å². The molecule has 0 radical (unpaired) electrons. The zero-order chi connectivity index (χ0) is 26.0. The summed E-state index contributed by atoms with van der Waals surface area (Å²) in [6, 6.07) is 13.1. The lowest BCUT2D eigenvalue weighted by Gasteiger charge is -2.26. The molecule has 0 bridgehead atoms. The van der Waals surface area contributed by atoms with E-state index in [4.69, 9.17) is 32.7 Å². The van der Waals surface area contributed by atoms with Crippen LogP contribution in [0, 0.1) is 3.57 Å². The maximum absolute atomic E-state index is 13.1. The number of rotatable bonds is 6. The first-order valence-electron chi connectivity index (χ1n) is 10.3. The number of benzene rings is 3. The number of anilines is 1. The fourth-order valence-electron chi connectivity index (χ4n) is 3.41. The Morgan fingerprint density at radius 1 is 1.03 bits per heavy atom. The summed E-state index contributed by atoms with van der Waals surface area (Å²) in [5.74, 6) is -0.813. The molecule has 1 aliphatic rings. The lowest BCUT2D eigenvalue weighted by Crippen LogP contribution is -2.54. The van der Waals surface area contributed by atoms with Crippen LogP contribution in [0.25, 0.3) is 6.08 Å². The first-order valence-corrected chi connectivity index (χ1v) is 12.2. The highest BCUT2D eigenvalue weighted by Crippen LogP contribution is 2.36. The van der Waals surface area contributed by atoms with E-state index >= 15 is 0 Å². The van der Waals surface area contributed by atoms with Crippen molar-refractivity contribution < 1.29 is 29.0 Å².